The highest BCUT2D eigenvalue weighted by molar-refractivity contribution is 7.91. The Morgan fingerprint density at radius 2 is 2.16 bits per heavy atom. The molecule has 0 aromatic carbocycles. The molecule has 1 fully saturated rings. The SMILES string of the molecule is COC(=O)c1cc([N+](=O)[O-])c(=O)n(CC(=O)N(Cc2cccs2)C2CCS(=O)(=O)C2)c1. The molecule has 2 aromatic rings. The molecular weight excluding hydrogens is 450 g/mol. The van der Waals surface area contributed by atoms with Crippen molar-refractivity contribution >= 4 is 38.7 Å². The molecule has 31 heavy (non-hydrogen) atoms. The molecule has 1 saturated heterocycles. The zero-order chi connectivity index (χ0) is 22.8. The van der Waals surface area contributed by atoms with Gasteiger partial charge in [-0.3, -0.25) is 24.3 Å². The van der Waals surface area contributed by atoms with Crippen molar-refractivity contribution in [2.24, 2.45) is 0 Å². The lowest BCUT2D eigenvalue weighted by molar-refractivity contribution is -0.386. The van der Waals surface area contributed by atoms with Gasteiger partial charge in [-0.05, 0) is 17.9 Å². The van der Waals surface area contributed by atoms with Crippen LogP contribution < -0.4 is 5.56 Å². The summed E-state index contributed by atoms with van der Waals surface area (Å²) in [6.45, 7) is -0.448. The van der Waals surface area contributed by atoms with Crippen LogP contribution in [0.5, 0.6) is 0 Å². The molecule has 1 unspecified atom stereocenters. The van der Waals surface area contributed by atoms with Crippen molar-refractivity contribution in [1.82, 2.24) is 9.47 Å². The molecular formula is C18H19N3O8S2. The van der Waals surface area contributed by atoms with Crippen molar-refractivity contribution in [2.75, 3.05) is 18.6 Å². The van der Waals surface area contributed by atoms with E-state index in [-0.39, 0.29) is 30.0 Å². The molecule has 11 nitrogen and oxygen atoms in total. The van der Waals surface area contributed by atoms with E-state index in [1.54, 1.807) is 12.1 Å². The Balaban J connectivity index is 1.95. The van der Waals surface area contributed by atoms with E-state index in [0.717, 1.165) is 28.8 Å². The first-order valence-corrected chi connectivity index (χ1v) is 11.8. The molecule has 0 spiro atoms. The third-order valence-corrected chi connectivity index (χ3v) is 7.48. The van der Waals surface area contributed by atoms with Gasteiger partial charge in [-0.25, -0.2) is 13.2 Å². The number of hydrogen-bond donors (Lipinski definition) is 0. The average Bonchev–Trinajstić information content (AvgIpc) is 3.35. The maximum atomic E-state index is 13.1. The lowest BCUT2D eigenvalue weighted by atomic mass is 10.2. The molecule has 2 aromatic heterocycles. The van der Waals surface area contributed by atoms with Crippen LogP contribution in [0.15, 0.2) is 34.6 Å². The van der Waals surface area contributed by atoms with E-state index in [1.807, 2.05) is 5.38 Å². The number of rotatable bonds is 7. The Morgan fingerprint density at radius 1 is 1.42 bits per heavy atom. The summed E-state index contributed by atoms with van der Waals surface area (Å²) >= 11 is 1.39. The summed E-state index contributed by atoms with van der Waals surface area (Å²) in [7, 11) is -2.20. The molecule has 166 valence electrons. The van der Waals surface area contributed by atoms with Crippen LogP contribution in [0, 0.1) is 10.1 Å². The highest BCUT2D eigenvalue weighted by Crippen LogP contribution is 2.22. The quantitative estimate of drug-likeness (QED) is 0.329. The largest absolute Gasteiger partial charge is 0.465 e. The van der Waals surface area contributed by atoms with Gasteiger partial charge in [0.2, 0.25) is 5.91 Å². The van der Waals surface area contributed by atoms with Crippen LogP contribution in [0.2, 0.25) is 0 Å². The van der Waals surface area contributed by atoms with Crippen LogP contribution in [-0.2, 0) is 32.5 Å². The molecule has 0 bridgehead atoms. The van der Waals surface area contributed by atoms with Gasteiger partial charge >= 0.3 is 17.2 Å². The number of nitro groups is 1. The Labute approximate surface area is 180 Å². The summed E-state index contributed by atoms with van der Waals surface area (Å²) in [6.07, 6.45) is 1.28. The number of amides is 1. The van der Waals surface area contributed by atoms with Crippen molar-refractivity contribution in [3.05, 3.63) is 60.7 Å². The van der Waals surface area contributed by atoms with Gasteiger partial charge in [-0.15, -0.1) is 11.3 Å². The van der Waals surface area contributed by atoms with Gasteiger partial charge in [-0.2, -0.15) is 0 Å². The highest BCUT2D eigenvalue weighted by Gasteiger charge is 2.35. The van der Waals surface area contributed by atoms with E-state index in [9.17, 15) is 32.9 Å². The fourth-order valence-corrected chi connectivity index (χ4v) is 5.78. The molecule has 0 radical (unpaired) electrons. The fraction of sp³-hybridized carbons (Fsp3) is 0.389. The highest BCUT2D eigenvalue weighted by atomic mass is 32.2. The van der Waals surface area contributed by atoms with Crippen LogP contribution in [0.4, 0.5) is 5.69 Å². The van der Waals surface area contributed by atoms with E-state index in [0.29, 0.717) is 0 Å². The predicted molar refractivity (Wildman–Crippen MR) is 111 cm³/mol. The van der Waals surface area contributed by atoms with Crippen molar-refractivity contribution in [2.45, 2.75) is 25.6 Å². The first kappa shape index (κ1) is 22.6. The monoisotopic (exact) mass is 469 g/mol. The molecule has 3 heterocycles. The van der Waals surface area contributed by atoms with Gasteiger partial charge in [0.1, 0.15) is 6.54 Å². The second-order valence-electron chi connectivity index (χ2n) is 6.95. The Kier molecular flexibility index (Phi) is 6.55. The molecule has 3 rings (SSSR count). The van der Waals surface area contributed by atoms with Gasteiger partial charge < -0.3 is 9.64 Å². The lowest BCUT2D eigenvalue weighted by Gasteiger charge is -2.28. The second kappa shape index (κ2) is 8.98. The van der Waals surface area contributed by atoms with Crippen molar-refractivity contribution in [1.29, 1.82) is 0 Å². The molecule has 0 aliphatic carbocycles. The second-order valence-corrected chi connectivity index (χ2v) is 10.2. The lowest BCUT2D eigenvalue weighted by Crippen LogP contribution is -2.43. The molecule has 1 aliphatic heterocycles. The van der Waals surface area contributed by atoms with E-state index < -0.39 is 50.5 Å². The number of carbonyl (C=O) groups is 2. The number of pyridine rings is 1. The Hall–Kier alpha value is -3.06. The van der Waals surface area contributed by atoms with Crippen LogP contribution in [0.1, 0.15) is 21.7 Å². The summed E-state index contributed by atoms with van der Waals surface area (Å²) in [5.74, 6) is -1.73. The number of thiophene rings is 1. The minimum absolute atomic E-state index is 0.0465. The molecule has 0 saturated carbocycles. The minimum atomic E-state index is -3.28. The van der Waals surface area contributed by atoms with Crippen molar-refractivity contribution in [3.8, 4) is 0 Å². The average molecular weight is 469 g/mol. The zero-order valence-corrected chi connectivity index (χ0v) is 18.1. The van der Waals surface area contributed by atoms with Crippen LogP contribution in [0.3, 0.4) is 0 Å². The minimum Gasteiger partial charge on any atom is -0.465 e. The van der Waals surface area contributed by atoms with Crippen LogP contribution in [-0.4, -0.2) is 59.3 Å². The van der Waals surface area contributed by atoms with E-state index in [4.69, 9.17) is 0 Å². The van der Waals surface area contributed by atoms with E-state index in [2.05, 4.69) is 4.74 Å². The summed E-state index contributed by atoms with van der Waals surface area (Å²) < 4.78 is 29.2. The van der Waals surface area contributed by atoms with Crippen LogP contribution >= 0.6 is 11.3 Å². The molecule has 0 N–H and O–H groups in total. The topological polar surface area (TPSA) is 146 Å². The van der Waals surface area contributed by atoms with Gasteiger partial charge in [-0.1, -0.05) is 6.07 Å². The number of hydrogen-bond acceptors (Lipinski definition) is 9. The Morgan fingerprint density at radius 3 is 2.71 bits per heavy atom. The van der Waals surface area contributed by atoms with Gasteiger partial charge in [0.05, 0.1) is 35.6 Å². The molecule has 1 atom stereocenters. The third-order valence-electron chi connectivity index (χ3n) is 4.87. The normalized spacial score (nSPS) is 17.3. The zero-order valence-electron chi connectivity index (χ0n) is 16.4. The fourth-order valence-electron chi connectivity index (χ4n) is 3.35. The summed E-state index contributed by atoms with van der Waals surface area (Å²) in [5, 5.41) is 13.0. The number of esters is 1. The van der Waals surface area contributed by atoms with Crippen molar-refractivity contribution in [3.63, 3.8) is 0 Å². The van der Waals surface area contributed by atoms with E-state index in [1.165, 1.54) is 16.2 Å². The summed E-state index contributed by atoms with van der Waals surface area (Å²) in [4.78, 5) is 49.9. The maximum absolute atomic E-state index is 13.1. The summed E-state index contributed by atoms with van der Waals surface area (Å²) in [6, 6.07) is 3.81. The number of sulfone groups is 1. The first-order chi connectivity index (χ1) is 14.6. The first-order valence-electron chi connectivity index (χ1n) is 9.11. The van der Waals surface area contributed by atoms with Gasteiger partial charge in [0, 0.05) is 23.2 Å². The summed E-state index contributed by atoms with van der Waals surface area (Å²) in [5.41, 5.74) is -2.18. The number of methoxy groups -OCH3 is 1. The van der Waals surface area contributed by atoms with Crippen molar-refractivity contribution < 1.29 is 27.7 Å². The number of carbonyl (C=O) groups excluding carboxylic acids is 2. The molecule has 1 aliphatic rings. The standard InChI is InChI=1S/C18H19N3O8S2/c1-29-18(24)12-7-15(21(25)26)17(23)19(8-12)10-16(22)20(9-14-3-2-5-30-14)13-4-6-31(27,28)11-13/h2-3,5,7-8,13H,4,6,9-11H2,1H3. The maximum Gasteiger partial charge on any atom is 0.339 e. The number of ether oxygens (including phenoxy) is 1. The molecule has 1 amide bonds. The Bertz CT molecular complexity index is 1170. The number of nitrogens with zero attached hydrogens (tertiary/aromatic N) is 3. The van der Waals surface area contributed by atoms with Crippen LogP contribution in [0.25, 0.3) is 0 Å². The third kappa shape index (κ3) is 5.17. The van der Waals surface area contributed by atoms with E-state index >= 15 is 0 Å². The predicted octanol–water partition coefficient (Wildman–Crippen LogP) is 0.820. The molecule has 13 heteroatoms. The smallest absolute Gasteiger partial charge is 0.339 e. The van der Waals surface area contributed by atoms with Gasteiger partial charge in [0.25, 0.3) is 0 Å². The van der Waals surface area contributed by atoms with Gasteiger partial charge in [0.15, 0.2) is 9.84 Å². The number of aromatic nitrogens is 1.